The van der Waals surface area contributed by atoms with Crippen LogP contribution in [0.15, 0.2) is 60.9 Å². The molecule has 32 heavy (non-hydrogen) atoms. The van der Waals surface area contributed by atoms with Crippen molar-refractivity contribution in [2.24, 2.45) is 5.92 Å². The van der Waals surface area contributed by atoms with E-state index in [-0.39, 0.29) is 17.2 Å². The molecule has 3 aromatic rings. The standard InChI is InChI=1S/C26H32N4O2/c1-19(2)17-22(27-20(3)31)25(32)29-15-12-26(13-16-29,21-9-5-4-6-10-21)23-18-30-14-8-7-11-24(30)28-23/h4-11,14,18-19,22H,12-13,15-17H2,1-3H3,(H,27,31)/t22-/m0/s1. The first-order valence-corrected chi connectivity index (χ1v) is 11.4. The smallest absolute Gasteiger partial charge is 0.245 e. The Morgan fingerprint density at radius 1 is 1.06 bits per heavy atom. The van der Waals surface area contributed by atoms with Gasteiger partial charge in [-0.1, -0.05) is 50.2 Å². The fraction of sp³-hybridized carbons (Fsp3) is 0.423. The highest BCUT2D eigenvalue weighted by Gasteiger charge is 2.41. The Morgan fingerprint density at radius 3 is 2.38 bits per heavy atom. The summed E-state index contributed by atoms with van der Waals surface area (Å²) in [5, 5.41) is 2.86. The largest absolute Gasteiger partial charge is 0.345 e. The molecule has 4 rings (SSSR count). The molecule has 6 nitrogen and oxygen atoms in total. The first-order valence-electron chi connectivity index (χ1n) is 11.4. The molecule has 6 heteroatoms. The number of benzene rings is 1. The van der Waals surface area contributed by atoms with Gasteiger partial charge in [0.1, 0.15) is 11.7 Å². The van der Waals surface area contributed by atoms with Crippen LogP contribution in [0.4, 0.5) is 0 Å². The van der Waals surface area contributed by atoms with Crippen LogP contribution in [-0.2, 0) is 15.0 Å². The van der Waals surface area contributed by atoms with Gasteiger partial charge in [-0.05, 0) is 42.9 Å². The van der Waals surface area contributed by atoms with E-state index >= 15 is 0 Å². The van der Waals surface area contributed by atoms with Crippen LogP contribution in [0.5, 0.6) is 0 Å². The van der Waals surface area contributed by atoms with Gasteiger partial charge in [0.25, 0.3) is 0 Å². The van der Waals surface area contributed by atoms with Crippen LogP contribution in [-0.4, -0.2) is 45.2 Å². The van der Waals surface area contributed by atoms with Crippen LogP contribution in [0.3, 0.4) is 0 Å². The van der Waals surface area contributed by atoms with Crippen molar-refractivity contribution in [1.29, 1.82) is 0 Å². The lowest BCUT2D eigenvalue weighted by Crippen LogP contribution is -2.53. The summed E-state index contributed by atoms with van der Waals surface area (Å²) in [7, 11) is 0. The van der Waals surface area contributed by atoms with Gasteiger partial charge in [-0.25, -0.2) is 4.98 Å². The van der Waals surface area contributed by atoms with E-state index in [0.717, 1.165) is 24.2 Å². The molecule has 0 aliphatic carbocycles. The molecule has 1 atom stereocenters. The summed E-state index contributed by atoms with van der Waals surface area (Å²) < 4.78 is 2.06. The van der Waals surface area contributed by atoms with Gasteiger partial charge in [-0.2, -0.15) is 0 Å². The number of hydrogen-bond donors (Lipinski definition) is 1. The third-order valence-corrected chi connectivity index (χ3v) is 6.49. The Bertz CT molecular complexity index is 1050. The van der Waals surface area contributed by atoms with Gasteiger partial charge >= 0.3 is 0 Å². The van der Waals surface area contributed by atoms with Crippen molar-refractivity contribution in [2.45, 2.75) is 51.5 Å². The molecular formula is C26H32N4O2. The molecular weight excluding hydrogens is 400 g/mol. The lowest BCUT2D eigenvalue weighted by Gasteiger charge is -2.42. The van der Waals surface area contributed by atoms with Gasteiger partial charge in [0.15, 0.2) is 0 Å². The normalized spacial score (nSPS) is 16.8. The summed E-state index contributed by atoms with van der Waals surface area (Å²) in [6.45, 7) is 6.89. The van der Waals surface area contributed by atoms with Crippen LogP contribution < -0.4 is 5.32 Å². The number of rotatable bonds is 6. The predicted molar refractivity (Wildman–Crippen MR) is 125 cm³/mol. The summed E-state index contributed by atoms with van der Waals surface area (Å²) in [6, 6.07) is 16.1. The maximum Gasteiger partial charge on any atom is 0.245 e. The summed E-state index contributed by atoms with van der Waals surface area (Å²) in [5.74, 6) is 0.178. The molecule has 1 fully saturated rings. The summed E-state index contributed by atoms with van der Waals surface area (Å²) >= 11 is 0. The molecule has 3 heterocycles. The number of nitrogens with zero attached hydrogens (tertiary/aromatic N) is 3. The third kappa shape index (κ3) is 4.40. The molecule has 1 aliphatic heterocycles. The summed E-state index contributed by atoms with van der Waals surface area (Å²) in [5.41, 5.74) is 2.96. The van der Waals surface area contributed by atoms with Gasteiger partial charge in [0.2, 0.25) is 11.8 Å². The second-order valence-electron chi connectivity index (χ2n) is 9.25. The quantitative estimate of drug-likeness (QED) is 0.644. The number of nitrogens with one attached hydrogen (secondary N) is 1. The van der Waals surface area contributed by atoms with Crippen molar-refractivity contribution < 1.29 is 9.59 Å². The zero-order valence-corrected chi connectivity index (χ0v) is 19.1. The van der Waals surface area contributed by atoms with Crippen LogP contribution in [0, 0.1) is 5.92 Å². The van der Waals surface area contributed by atoms with E-state index in [4.69, 9.17) is 4.98 Å². The number of piperidine rings is 1. The molecule has 1 aromatic carbocycles. The van der Waals surface area contributed by atoms with Crippen LogP contribution in [0.25, 0.3) is 5.65 Å². The Kier molecular flexibility index (Phi) is 6.31. The molecule has 1 N–H and O–H groups in total. The lowest BCUT2D eigenvalue weighted by molar-refractivity contribution is -0.137. The van der Waals surface area contributed by atoms with Crippen molar-refractivity contribution >= 4 is 17.5 Å². The average Bonchev–Trinajstić information content (AvgIpc) is 3.23. The SMILES string of the molecule is CC(=O)N[C@@H](CC(C)C)C(=O)N1CCC(c2ccccc2)(c2cn3ccccc3n2)CC1. The first-order chi connectivity index (χ1) is 15.4. The van der Waals surface area contributed by atoms with E-state index in [1.807, 2.05) is 35.4 Å². The molecule has 1 saturated heterocycles. The fourth-order valence-electron chi connectivity index (χ4n) is 4.88. The Morgan fingerprint density at radius 2 is 1.75 bits per heavy atom. The second-order valence-corrected chi connectivity index (χ2v) is 9.25. The van der Waals surface area contributed by atoms with E-state index in [2.05, 4.69) is 54.0 Å². The monoisotopic (exact) mass is 432 g/mol. The Labute approximate surface area is 189 Å². The van der Waals surface area contributed by atoms with Gasteiger partial charge in [-0.3, -0.25) is 9.59 Å². The number of pyridine rings is 1. The van der Waals surface area contributed by atoms with Crippen molar-refractivity contribution in [3.8, 4) is 0 Å². The minimum atomic E-state index is -0.466. The highest BCUT2D eigenvalue weighted by molar-refractivity contribution is 5.87. The van der Waals surface area contributed by atoms with Gasteiger partial charge < -0.3 is 14.6 Å². The highest BCUT2D eigenvalue weighted by Crippen LogP contribution is 2.41. The number of hydrogen-bond acceptors (Lipinski definition) is 3. The molecule has 0 radical (unpaired) electrons. The van der Waals surface area contributed by atoms with Gasteiger partial charge in [0, 0.05) is 37.8 Å². The molecule has 2 amide bonds. The second kappa shape index (κ2) is 9.15. The van der Waals surface area contributed by atoms with E-state index in [9.17, 15) is 9.59 Å². The lowest BCUT2D eigenvalue weighted by atomic mass is 9.70. The molecule has 0 saturated carbocycles. The van der Waals surface area contributed by atoms with Crippen molar-refractivity contribution in [1.82, 2.24) is 19.6 Å². The minimum absolute atomic E-state index is 0.0190. The number of carbonyl (C=O) groups excluding carboxylic acids is 2. The fourth-order valence-corrected chi connectivity index (χ4v) is 4.88. The van der Waals surface area contributed by atoms with E-state index in [0.29, 0.717) is 25.4 Å². The zero-order chi connectivity index (χ0) is 22.7. The molecule has 0 spiro atoms. The van der Waals surface area contributed by atoms with Crippen LogP contribution >= 0.6 is 0 Å². The number of carbonyl (C=O) groups is 2. The van der Waals surface area contributed by atoms with Crippen molar-refractivity contribution in [3.63, 3.8) is 0 Å². The molecule has 168 valence electrons. The molecule has 2 aromatic heterocycles. The molecule has 1 aliphatic rings. The maximum atomic E-state index is 13.3. The maximum absolute atomic E-state index is 13.3. The number of likely N-dealkylation sites (tertiary alicyclic amines) is 1. The minimum Gasteiger partial charge on any atom is -0.345 e. The summed E-state index contributed by atoms with van der Waals surface area (Å²) in [4.78, 5) is 31.9. The Hall–Kier alpha value is -3.15. The Balaban J connectivity index is 1.61. The number of amides is 2. The van der Waals surface area contributed by atoms with E-state index < -0.39 is 6.04 Å². The summed E-state index contributed by atoms with van der Waals surface area (Å²) in [6.07, 6.45) is 6.37. The van der Waals surface area contributed by atoms with Gasteiger partial charge in [0.05, 0.1) is 5.69 Å². The van der Waals surface area contributed by atoms with E-state index in [1.165, 1.54) is 12.5 Å². The number of aromatic nitrogens is 2. The van der Waals surface area contributed by atoms with Crippen molar-refractivity contribution in [3.05, 3.63) is 72.2 Å². The van der Waals surface area contributed by atoms with E-state index in [1.54, 1.807) is 0 Å². The van der Waals surface area contributed by atoms with Crippen molar-refractivity contribution in [2.75, 3.05) is 13.1 Å². The van der Waals surface area contributed by atoms with Crippen LogP contribution in [0.2, 0.25) is 0 Å². The number of imidazole rings is 1. The highest BCUT2D eigenvalue weighted by atomic mass is 16.2. The topological polar surface area (TPSA) is 66.7 Å². The van der Waals surface area contributed by atoms with Crippen LogP contribution in [0.1, 0.15) is 51.3 Å². The predicted octanol–water partition coefficient (Wildman–Crippen LogP) is 3.79. The number of fused-ring (bicyclic) bond motifs is 1. The molecule has 0 bridgehead atoms. The van der Waals surface area contributed by atoms with Gasteiger partial charge in [-0.15, -0.1) is 0 Å². The average molecular weight is 433 g/mol. The zero-order valence-electron chi connectivity index (χ0n) is 19.1. The first kappa shape index (κ1) is 22.1. The third-order valence-electron chi connectivity index (χ3n) is 6.49. The molecule has 0 unspecified atom stereocenters.